The topological polar surface area (TPSA) is 76.1 Å². The number of anilines is 1. The number of halogens is 2. The molecule has 4 rings (SSSR count). The smallest absolute Gasteiger partial charge is 0.300 e. The Labute approximate surface area is 198 Å². The molecule has 2 aromatic carbocycles. The van der Waals surface area contributed by atoms with Crippen molar-refractivity contribution < 1.29 is 24.2 Å². The number of nitrogens with zero attached hydrogens (tertiary/aromatic N) is 1. The van der Waals surface area contributed by atoms with Gasteiger partial charge >= 0.3 is 0 Å². The predicted octanol–water partition coefficient (Wildman–Crippen LogP) is 5.70. The van der Waals surface area contributed by atoms with Gasteiger partial charge in [0.25, 0.3) is 11.7 Å². The summed E-state index contributed by atoms with van der Waals surface area (Å²) in [6, 6.07) is 12.3. The monoisotopic (exact) mass is 489 g/mol. The van der Waals surface area contributed by atoms with Crippen LogP contribution in [0.3, 0.4) is 0 Å². The second-order valence-electron chi connectivity index (χ2n) is 6.85. The first-order valence-electron chi connectivity index (χ1n) is 9.39. The number of ether oxygens (including phenoxy) is 2. The average molecular weight is 490 g/mol. The molecule has 6 nitrogen and oxygen atoms in total. The first-order valence-corrected chi connectivity index (χ1v) is 11.0. The van der Waals surface area contributed by atoms with Crippen LogP contribution in [0.15, 0.2) is 59.5 Å². The van der Waals surface area contributed by atoms with Crippen molar-refractivity contribution >= 4 is 57.7 Å². The number of thiophene rings is 1. The average Bonchev–Trinajstić information content (AvgIpc) is 3.41. The van der Waals surface area contributed by atoms with Gasteiger partial charge < -0.3 is 14.6 Å². The Morgan fingerprint density at radius 1 is 1.03 bits per heavy atom. The number of carbonyl (C=O) groups is 2. The summed E-state index contributed by atoms with van der Waals surface area (Å²) in [5.41, 5.74) is 0.606. The number of amides is 1. The van der Waals surface area contributed by atoms with E-state index in [1.807, 2.05) is 11.4 Å². The number of Topliss-reactive ketones (excluding diaryl/α,β-unsaturated/α-hetero) is 1. The number of rotatable bonds is 5. The number of ketones is 1. The molecule has 0 aliphatic carbocycles. The van der Waals surface area contributed by atoms with Crippen LogP contribution in [-0.2, 0) is 9.59 Å². The van der Waals surface area contributed by atoms with Gasteiger partial charge in [0, 0.05) is 21.7 Å². The molecule has 1 unspecified atom stereocenters. The number of carbonyl (C=O) groups excluding carboxylic acids is 2. The summed E-state index contributed by atoms with van der Waals surface area (Å²) in [4.78, 5) is 28.3. The van der Waals surface area contributed by atoms with Crippen LogP contribution in [-0.4, -0.2) is 31.0 Å². The lowest BCUT2D eigenvalue weighted by Gasteiger charge is -2.24. The second-order valence-corrected chi connectivity index (χ2v) is 8.67. The second kappa shape index (κ2) is 8.86. The highest BCUT2D eigenvalue weighted by atomic mass is 35.5. The minimum absolute atomic E-state index is 0.0601. The number of methoxy groups -OCH3 is 2. The number of hydrogen-bond acceptors (Lipinski definition) is 6. The summed E-state index contributed by atoms with van der Waals surface area (Å²) in [5.74, 6) is -1.44. The van der Waals surface area contributed by atoms with Crippen LogP contribution in [0.2, 0.25) is 10.0 Å². The summed E-state index contributed by atoms with van der Waals surface area (Å²) in [5, 5.41) is 13.9. The van der Waals surface area contributed by atoms with E-state index in [1.165, 1.54) is 42.6 Å². The first-order chi connectivity index (χ1) is 15.4. The highest BCUT2D eigenvalue weighted by molar-refractivity contribution is 7.10. The molecule has 0 saturated carbocycles. The molecule has 0 spiro atoms. The highest BCUT2D eigenvalue weighted by Crippen LogP contribution is 2.45. The zero-order chi connectivity index (χ0) is 23.0. The van der Waals surface area contributed by atoms with E-state index in [9.17, 15) is 14.7 Å². The number of hydrogen-bond donors (Lipinski definition) is 1. The van der Waals surface area contributed by atoms with Gasteiger partial charge in [-0.1, -0.05) is 29.3 Å². The van der Waals surface area contributed by atoms with Crippen molar-refractivity contribution in [3.63, 3.8) is 0 Å². The van der Waals surface area contributed by atoms with Crippen LogP contribution >= 0.6 is 34.5 Å². The lowest BCUT2D eigenvalue weighted by Crippen LogP contribution is -2.29. The van der Waals surface area contributed by atoms with Crippen molar-refractivity contribution in [2.24, 2.45) is 0 Å². The third-order valence-corrected chi connectivity index (χ3v) is 6.56. The van der Waals surface area contributed by atoms with Crippen molar-refractivity contribution in [1.29, 1.82) is 0 Å². The Morgan fingerprint density at radius 3 is 2.31 bits per heavy atom. The molecule has 1 fully saturated rings. The van der Waals surface area contributed by atoms with Gasteiger partial charge in [-0.2, -0.15) is 0 Å². The van der Waals surface area contributed by atoms with Crippen molar-refractivity contribution in [3.05, 3.63) is 80.0 Å². The van der Waals surface area contributed by atoms with E-state index in [1.54, 1.807) is 30.3 Å². The maximum atomic E-state index is 13.2. The minimum atomic E-state index is -0.831. The summed E-state index contributed by atoms with van der Waals surface area (Å²) >= 11 is 13.5. The third kappa shape index (κ3) is 3.72. The molecular weight excluding hydrogens is 473 g/mol. The SMILES string of the molecule is COc1cc(/C(O)=C2\C(=O)C(=O)N(c3ccc(Cl)cc3)C2c2cccs2)c(OC)cc1Cl. The Morgan fingerprint density at radius 2 is 1.72 bits per heavy atom. The molecule has 1 aliphatic heterocycles. The molecule has 3 aromatic rings. The fraction of sp³-hybridized carbons (Fsp3) is 0.130. The zero-order valence-corrected chi connectivity index (χ0v) is 19.3. The molecule has 1 saturated heterocycles. The Bertz CT molecular complexity index is 1220. The molecule has 2 heterocycles. The fourth-order valence-electron chi connectivity index (χ4n) is 3.61. The molecular formula is C23H17Cl2NO5S. The Kier molecular flexibility index (Phi) is 6.15. The van der Waals surface area contributed by atoms with Gasteiger partial charge in [-0.05, 0) is 41.8 Å². The van der Waals surface area contributed by atoms with E-state index in [0.29, 0.717) is 15.6 Å². The molecule has 32 heavy (non-hydrogen) atoms. The molecule has 1 atom stereocenters. The molecule has 9 heteroatoms. The van der Waals surface area contributed by atoms with Gasteiger partial charge in [0.1, 0.15) is 23.3 Å². The van der Waals surface area contributed by atoms with Gasteiger partial charge in [-0.15, -0.1) is 11.3 Å². The molecule has 1 amide bonds. The predicted molar refractivity (Wildman–Crippen MR) is 125 cm³/mol. The van der Waals surface area contributed by atoms with Crippen LogP contribution in [0.1, 0.15) is 16.5 Å². The lowest BCUT2D eigenvalue weighted by molar-refractivity contribution is -0.132. The molecule has 164 valence electrons. The third-order valence-electron chi connectivity index (χ3n) is 5.09. The number of aliphatic hydroxyl groups excluding tert-OH is 1. The van der Waals surface area contributed by atoms with Crippen molar-refractivity contribution in [2.75, 3.05) is 19.1 Å². The lowest BCUT2D eigenvalue weighted by atomic mass is 9.99. The summed E-state index contributed by atoms with van der Waals surface area (Å²) in [6.07, 6.45) is 0. The van der Waals surface area contributed by atoms with E-state index in [0.717, 1.165) is 0 Å². The van der Waals surface area contributed by atoms with Crippen LogP contribution in [0.5, 0.6) is 11.5 Å². The largest absolute Gasteiger partial charge is 0.507 e. The van der Waals surface area contributed by atoms with Gasteiger partial charge in [0.05, 0.1) is 30.4 Å². The number of benzene rings is 2. The summed E-state index contributed by atoms with van der Waals surface area (Å²) in [6.45, 7) is 0. The van der Waals surface area contributed by atoms with E-state index >= 15 is 0 Å². The highest BCUT2D eigenvalue weighted by Gasteiger charge is 2.47. The standard InChI is InChI=1S/C23H17Cl2NO5S/c1-30-16-11-15(25)17(31-2)10-14(16)21(27)19-20(18-4-3-9-32-18)26(23(29)22(19)28)13-7-5-12(24)6-8-13/h3-11,20,27H,1-2H3/b21-19+. The van der Waals surface area contributed by atoms with Crippen LogP contribution in [0.4, 0.5) is 5.69 Å². The van der Waals surface area contributed by atoms with Gasteiger partial charge in [-0.25, -0.2) is 0 Å². The number of aliphatic hydroxyl groups is 1. The minimum Gasteiger partial charge on any atom is -0.507 e. The molecule has 1 N–H and O–H groups in total. The molecule has 0 radical (unpaired) electrons. The quantitative estimate of drug-likeness (QED) is 0.282. The summed E-state index contributed by atoms with van der Waals surface area (Å²) < 4.78 is 10.6. The maximum Gasteiger partial charge on any atom is 0.300 e. The van der Waals surface area contributed by atoms with Crippen LogP contribution in [0.25, 0.3) is 5.76 Å². The summed E-state index contributed by atoms with van der Waals surface area (Å²) in [7, 11) is 2.85. The molecule has 1 aliphatic rings. The molecule has 1 aromatic heterocycles. The Balaban J connectivity index is 1.96. The van der Waals surface area contributed by atoms with Crippen LogP contribution in [0, 0.1) is 0 Å². The molecule has 0 bridgehead atoms. The van der Waals surface area contributed by atoms with E-state index < -0.39 is 17.7 Å². The van der Waals surface area contributed by atoms with Crippen molar-refractivity contribution in [2.45, 2.75) is 6.04 Å². The van der Waals surface area contributed by atoms with Gasteiger partial charge in [0.15, 0.2) is 0 Å². The van der Waals surface area contributed by atoms with Gasteiger partial charge in [0.2, 0.25) is 0 Å². The van der Waals surface area contributed by atoms with E-state index in [4.69, 9.17) is 32.7 Å². The van der Waals surface area contributed by atoms with Crippen molar-refractivity contribution in [1.82, 2.24) is 0 Å². The maximum absolute atomic E-state index is 13.2. The van der Waals surface area contributed by atoms with Crippen LogP contribution < -0.4 is 14.4 Å². The van der Waals surface area contributed by atoms with E-state index in [-0.39, 0.29) is 33.4 Å². The van der Waals surface area contributed by atoms with Crippen molar-refractivity contribution in [3.8, 4) is 11.5 Å². The van der Waals surface area contributed by atoms with Gasteiger partial charge in [-0.3, -0.25) is 14.5 Å². The first kappa shape index (κ1) is 22.2. The normalized spacial score (nSPS) is 17.6. The van der Waals surface area contributed by atoms with E-state index in [2.05, 4.69) is 0 Å². The zero-order valence-electron chi connectivity index (χ0n) is 17.0. The fourth-order valence-corrected chi connectivity index (χ4v) is 4.79. The Hall–Kier alpha value is -3.00.